The Morgan fingerprint density at radius 2 is 1.89 bits per heavy atom. The van der Waals surface area contributed by atoms with Crippen molar-refractivity contribution in [3.05, 3.63) is 59.9 Å². The van der Waals surface area contributed by atoms with E-state index < -0.39 is 0 Å². The Morgan fingerprint density at radius 1 is 1.21 bits per heavy atom. The Kier molecular flexibility index (Phi) is 4.13. The lowest BCUT2D eigenvalue weighted by Crippen LogP contribution is -2.26. The van der Waals surface area contributed by atoms with Crippen LogP contribution in [0, 0.1) is 0 Å². The minimum Gasteiger partial charge on any atom is -0.496 e. The van der Waals surface area contributed by atoms with Gasteiger partial charge in [0.15, 0.2) is 0 Å². The summed E-state index contributed by atoms with van der Waals surface area (Å²) in [6, 6.07) is 10.9. The van der Waals surface area contributed by atoms with E-state index in [1.807, 2.05) is 31.2 Å². The molecule has 0 aliphatic rings. The highest BCUT2D eigenvalue weighted by atomic mass is 16.5. The van der Waals surface area contributed by atoms with E-state index in [9.17, 15) is 4.79 Å². The fourth-order valence-corrected chi connectivity index (χ4v) is 1.89. The summed E-state index contributed by atoms with van der Waals surface area (Å²) in [5.74, 6) is 0.644. The summed E-state index contributed by atoms with van der Waals surface area (Å²) in [7, 11) is 1.62. The number of hydrogen-bond donors (Lipinski definition) is 1. The average Bonchev–Trinajstić information content (AvgIpc) is 2.48. The predicted octanol–water partition coefficient (Wildman–Crippen LogP) is 2.58. The highest BCUT2D eigenvalue weighted by molar-refractivity contribution is 5.94. The summed E-state index contributed by atoms with van der Waals surface area (Å²) in [4.78, 5) is 15.9. The average molecular weight is 256 g/mol. The van der Waals surface area contributed by atoms with Crippen molar-refractivity contribution in [1.82, 2.24) is 10.3 Å². The third-order valence-electron chi connectivity index (χ3n) is 2.90. The van der Waals surface area contributed by atoms with Crippen molar-refractivity contribution in [1.29, 1.82) is 0 Å². The Hall–Kier alpha value is -2.36. The van der Waals surface area contributed by atoms with Crippen molar-refractivity contribution in [2.45, 2.75) is 13.0 Å². The first-order valence-corrected chi connectivity index (χ1v) is 6.06. The Balaban J connectivity index is 2.13. The van der Waals surface area contributed by atoms with Crippen LogP contribution in [0.4, 0.5) is 0 Å². The smallest absolute Gasteiger partial charge is 0.251 e. The van der Waals surface area contributed by atoms with Crippen LogP contribution in [0.3, 0.4) is 0 Å². The highest BCUT2D eigenvalue weighted by Gasteiger charge is 2.14. The second-order valence-electron chi connectivity index (χ2n) is 4.17. The number of aromatic nitrogens is 1. The van der Waals surface area contributed by atoms with Crippen LogP contribution in [-0.2, 0) is 0 Å². The van der Waals surface area contributed by atoms with E-state index in [4.69, 9.17) is 4.74 Å². The molecule has 98 valence electrons. The summed E-state index contributed by atoms with van der Waals surface area (Å²) < 4.78 is 5.29. The zero-order valence-electron chi connectivity index (χ0n) is 11.0. The zero-order chi connectivity index (χ0) is 13.7. The van der Waals surface area contributed by atoms with Gasteiger partial charge in [-0.05, 0) is 25.1 Å². The van der Waals surface area contributed by atoms with E-state index in [1.165, 1.54) is 0 Å². The van der Waals surface area contributed by atoms with Crippen LogP contribution >= 0.6 is 0 Å². The van der Waals surface area contributed by atoms with E-state index in [0.717, 1.165) is 11.3 Å². The summed E-state index contributed by atoms with van der Waals surface area (Å²) in [5, 5.41) is 2.94. The Bertz CT molecular complexity index is 555. The molecule has 0 aliphatic heterocycles. The van der Waals surface area contributed by atoms with Gasteiger partial charge in [-0.3, -0.25) is 9.78 Å². The van der Waals surface area contributed by atoms with Crippen LogP contribution in [0.1, 0.15) is 28.9 Å². The first-order valence-electron chi connectivity index (χ1n) is 6.06. The molecule has 0 saturated carbocycles. The molecule has 1 aromatic carbocycles. The summed E-state index contributed by atoms with van der Waals surface area (Å²) in [5.41, 5.74) is 1.55. The molecule has 4 nitrogen and oxygen atoms in total. The number of ether oxygens (including phenoxy) is 1. The number of hydrogen-bond acceptors (Lipinski definition) is 3. The van der Waals surface area contributed by atoms with Gasteiger partial charge in [0, 0.05) is 23.5 Å². The molecule has 0 aliphatic carbocycles. The molecule has 0 unspecified atom stereocenters. The quantitative estimate of drug-likeness (QED) is 0.914. The molecule has 1 N–H and O–H groups in total. The number of methoxy groups -OCH3 is 1. The predicted molar refractivity (Wildman–Crippen MR) is 73.1 cm³/mol. The fourth-order valence-electron chi connectivity index (χ4n) is 1.89. The van der Waals surface area contributed by atoms with Crippen molar-refractivity contribution in [2.24, 2.45) is 0 Å². The molecule has 1 atom stereocenters. The van der Waals surface area contributed by atoms with Gasteiger partial charge in [0.05, 0.1) is 13.2 Å². The van der Waals surface area contributed by atoms with Crippen LogP contribution in [-0.4, -0.2) is 18.0 Å². The Morgan fingerprint density at radius 3 is 2.58 bits per heavy atom. The number of carbonyl (C=O) groups excluding carboxylic acids is 1. The second kappa shape index (κ2) is 6.00. The number of amides is 1. The first kappa shape index (κ1) is 13.1. The second-order valence-corrected chi connectivity index (χ2v) is 4.17. The SMILES string of the molecule is COc1ccccc1[C@@H](C)NC(=O)c1ccncc1. The van der Waals surface area contributed by atoms with E-state index in [0.29, 0.717) is 5.56 Å². The van der Waals surface area contributed by atoms with Crippen LogP contribution < -0.4 is 10.1 Å². The minimum absolute atomic E-state index is 0.124. The van der Waals surface area contributed by atoms with Crippen molar-refractivity contribution in [2.75, 3.05) is 7.11 Å². The maximum Gasteiger partial charge on any atom is 0.251 e. The number of carbonyl (C=O) groups is 1. The number of nitrogens with one attached hydrogen (secondary N) is 1. The molecule has 1 heterocycles. The highest BCUT2D eigenvalue weighted by Crippen LogP contribution is 2.24. The molecule has 1 aromatic heterocycles. The van der Waals surface area contributed by atoms with Crippen LogP contribution in [0.25, 0.3) is 0 Å². The minimum atomic E-state index is -0.128. The van der Waals surface area contributed by atoms with Crippen molar-refractivity contribution < 1.29 is 9.53 Å². The lowest BCUT2D eigenvalue weighted by molar-refractivity contribution is 0.0939. The lowest BCUT2D eigenvalue weighted by atomic mass is 10.1. The maximum absolute atomic E-state index is 12.0. The molecule has 0 bridgehead atoms. The van der Waals surface area contributed by atoms with Gasteiger partial charge in [-0.1, -0.05) is 18.2 Å². The molecule has 0 saturated heterocycles. The van der Waals surface area contributed by atoms with Gasteiger partial charge in [-0.2, -0.15) is 0 Å². The van der Waals surface area contributed by atoms with Gasteiger partial charge >= 0.3 is 0 Å². The standard InChI is InChI=1S/C15H16N2O2/c1-11(13-5-3-4-6-14(13)19-2)17-15(18)12-7-9-16-10-8-12/h3-11H,1-2H3,(H,17,18)/t11-/m1/s1. The van der Waals surface area contributed by atoms with E-state index >= 15 is 0 Å². The van der Waals surface area contributed by atoms with Crippen LogP contribution in [0.2, 0.25) is 0 Å². The molecule has 0 fully saturated rings. The summed E-state index contributed by atoms with van der Waals surface area (Å²) >= 11 is 0. The molecular formula is C15H16N2O2. The van der Waals surface area contributed by atoms with Gasteiger partial charge in [-0.25, -0.2) is 0 Å². The lowest BCUT2D eigenvalue weighted by Gasteiger charge is -2.17. The monoisotopic (exact) mass is 256 g/mol. The zero-order valence-corrected chi connectivity index (χ0v) is 11.0. The van der Waals surface area contributed by atoms with Crippen LogP contribution in [0.5, 0.6) is 5.75 Å². The number of nitrogens with zero attached hydrogens (tertiary/aromatic N) is 1. The van der Waals surface area contributed by atoms with Crippen molar-refractivity contribution in [3.63, 3.8) is 0 Å². The van der Waals surface area contributed by atoms with Crippen molar-refractivity contribution >= 4 is 5.91 Å². The van der Waals surface area contributed by atoms with Crippen molar-refractivity contribution in [3.8, 4) is 5.75 Å². The number of benzene rings is 1. The number of rotatable bonds is 4. The van der Waals surface area contributed by atoms with Gasteiger partial charge in [0.1, 0.15) is 5.75 Å². The normalized spacial score (nSPS) is 11.7. The molecule has 0 radical (unpaired) electrons. The molecular weight excluding hydrogens is 240 g/mol. The molecule has 4 heteroatoms. The van der Waals surface area contributed by atoms with Gasteiger partial charge in [0.2, 0.25) is 0 Å². The molecule has 0 spiro atoms. The number of pyridine rings is 1. The molecule has 2 rings (SSSR count). The largest absolute Gasteiger partial charge is 0.496 e. The topological polar surface area (TPSA) is 51.2 Å². The maximum atomic E-state index is 12.0. The summed E-state index contributed by atoms with van der Waals surface area (Å²) in [6.45, 7) is 1.93. The number of para-hydroxylation sites is 1. The molecule has 1 amide bonds. The Labute approximate surface area is 112 Å². The third-order valence-corrected chi connectivity index (χ3v) is 2.90. The van der Waals surface area contributed by atoms with Crippen LogP contribution in [0.15, 0.2) is 48.8 Å². The fraction of sp³-hybridized carbons (Fsp3) is 0.200. The van der Waals surface area contributed by atoms with Gasteiger partial charge in [0.25, 0.3) is 5.91 Å². The van der Waals surface area contributed by atoms with Gasteiger partial charge < -0.3 is 10.1 Å². The molecule has 19 heavy (non-hydrogen) atoms. The first-order chi connectivity index (χ1) is 9.22. The summed E-state index contributed by atoms with van der Waals surface area (Å²) in [6.07, 6.45) is 3.20. The van der Waals surface area contributed by atoms with E-state index in [2.05, 4.69) is 10.3 Å². The third kappa shape index (κ3) is 3.10. The van der Waals surface area contributed by atoms with E-state index in [1.54, 1.807) is 31.6 Å². The van der Waals surface area contributed by atoms with Gasteiger partial charge in [-0.15, -0.1) is 0 Å². The molecule has 2 aromatic rings. The van der Waals surface area contributed by atoms with E-state index in [-0.39, 0.29) is 11.9 Å².